The van der Waals surface area contributed by atoms with E-state index < -0.39 is 0 Å². The van der Waals surface area contributed by atoms with E-state index in [9.17, 15) is 14.0 Å². The van der Waals surface area contributed by atoms with Crippen LogP contribution < -0.4 is 11.1 Å². The fourth-order valence-electron chi connectivity index (χ4n) is 3.58. The SMILES string of the molecule is NC(=O)C1CCCN(CCCNC(=O)c2cccc(-c3ccc(F)cc3)c2)C1. The summed E-state index contributed by atoms with van der Waals surface area (Å²) in [6.07, 6.45) is 2.66. The Bertz CT molecular complexity index is 823. The average Bonchev–Trinajstić information content (AvgIpc) is 2.72. The Morgan fingerprint density at radius 2 is 1.93 bits per heavy atom. The molecule has 2 amide bonds. The molecule has 1 saturated heterocycles. The summed E-state index contributed by atoms with van der Waals surface area (Å²) < 4.78 is 13.1. The molecule has 6 heteroatoms. The van der Waals surface area contributed by atoms with Gasteiger partial charge in [0.05, 0.1) is 5.92 Å². The minimum Gasteiger partial charge on any atom is -0.369 e. The summed E-state index contributed by atoms with van der Waals surface area (Å²) in [7, 11) is 0. The summed E-state index contributed by atoms with van der Waals surface area (Å²) in [5.74, 6) is -0.692. The van der Waals surface area contributed by atoms with Crippen LogP contribution in [0.1, 0.15) is 29.6 Å². The lowest BCUT2D eigenvalue weighted by Crippen LogP contribution is -2.42. The number of halogens is 1. The van der Waals surface area contributed by atoms with E-state index in [1.807, 2.05) is 18.2 Å². The Morgan fingerprint density at radius 3 is 2.68 bits per heavy atom. The number of primary amides is 1. The Hall–Kier alpha value is -2.73. The Balaban J connectivity index is 1.48. The fourth-order valence-corrected chi connectivity index (χ4v) is 3.58. The van der Waals surface area contributed by atoms with Crippen molar-refractivity contribution >= 4 is 11.8 Å². The molecule has 2 aromatic carbocycles. The lowest BCUT2D eigenvalue weighted by molar-refractivity contribution is -0.123. The van der Waals surface area contributed by atoms with E-state index in [1.165, 1.54) is 12.1 Å². The first-order valence-corrected chi connectivity index (χ1v) is 9.69. The van der Waals surface area contributed by atoms with E-state index in [0.29, 0.717) is 18.7 Å². The molecule has 1 aliphatic rings. The van der Waals surface area contributed by atoms with Crippen LogP contribution in [-0.4, -0.2) is 42.9 Å². The molecule has 2 aromatic rings. The molecule has 0 bridgehead atoms. The Labute approximate surface area is 164 Å². The maximum atomic E-state index is 13.1. The van der Waals surface area contributed by atoms with Gasteiger partial charge in [-0.1, -0.05) is 24.3 Å². The molecule has 1 aliphatic heterocycles. The third-order valence-electron chi connectivity index (χ3n) is 5.15. The van der Waals surface area contributed by atoms with Gasteiger partial charge in [-0.15, -0.1) is 0 Å². The molecule has 0 saturated carbocycles. The molecule has 28 heavy (non-hydrogen) atoms. The zero-order valence-electron chi connectivity index (χ0n) is 15.9. The van der Waals surface area contributed by atoms with Crippen molar-refractivity contribution in [3.8, 4) is 11.1 Å². The van der Waals surface area contributed by atoms with Crippen LogP contribution in [-0.2, 0) is 4.79 Å². The molecule has 1 atom stereocenters. The van der Waals surface area contributed by atoms with E-state index in [1.54, 1.807) is 18.2 Å². The molecule has 0 aliphatic carbocycles. The largest absolute Gasteiger partial charge is 0.369 e. The number of nitrogens with two attached hydrogens (primary N) is 1. The van der Waals surface area contributed by atoms with Crippen LogP contribution in [0.15, 0.2) is 48.5 Å². The average molecular weight is 383 g/mol. The minimum absolute atomic E-state index is 0.0578. The number of rotatable bonds is 7. The highest BCUT2D eigenvalue weighted by Crippen LogP contribution is 2.21. The Morgan fingerprint density at radius 1 is 1.14 bits per heavy atom. The molecule has 1 unspecified atom stereocenters. The summed E-state index contributed by atoms with van der Waals surface area (Å²) in [6, 6.07) is 13.5. The number of amides is 2. The van der Waals surface area contributed by atoms with Crippen LogP contribution in [0, 0.1) is 11.7 Å². The lowest BCUT2D eigenvalue weighted by atomic mass is 9.97. The first-order valence-electron chi connectivity index (χ1n) is 9.69. The van der Waals surface area contributed by atoms with E-state index in [2.05, 4.69) is 10.2 Å². The van der Waals surface area contributed by atoms with Crippen LogP contribution in [0.5, 0.6) is 0 Å². The van der Waals surface area contributed by atoms with Crippen molar-refractivity contribution in [3.05, 3.63) is 59.9 Å². The van der Waals surface area contributed by atoms with Gasteiger partial charge < -0.3 is 16.0 Å². The van der Waals surface area contributed by atoms with Crippen LogP contribution in [0.25, 0.3) is 11.1 Å². The smallest absolute Gasteiger partial charge is 0.251 e. The molecular formula is C22H26FN3O2. The second-order valence-electron chi connectivity index (χ2n) is 7.24. The summed E-state index contributed by atoms with van der Waals surface area (Å²) in [5.41, 5.74) is 7.73. The summed E-state index contributed by atoms with van der Waals surface area (Å²) in [6.45, 7) is 3.08. The predicted octanol–water partition coefficient (Wildman–Crippen LogP) is 2.81. The molecule has 1 fully saturated rings. The molecule has 3 N–H and O–H groups in total. The second kappa shape index (κ2) is 9.46. The Kier molecular flexibility index (Phi) is 6.76. The van der Waals surface area contributed by atoms with E-state index in [4.69, 9.17) is 5.73 Å². The highest BCUT2D eigenvalue weighted by Gasteiger charge is 2.23. The van der Waals surface area contributed by atoms with Gasteiger partial charge >= 0.3 is 0 Å². The van der Waals surface area contributed by atoms with Crippen molar-refractivity contribution in [1.82, 2.24) is 10.2 Å². The molecule has 3 rings (SSSR count). The standard InChI is InChI=1S/C22H26FN3O2/c23-20-9-7-16(8-10-20)17-4-1-5-18(14-17)22(28)25-11-3-13-26-12-2-6-19(15-26)21(24)27/h1,4-5,7-10,14,19H,2-3,6,11-13,15H2,(H2,24,27)(H,25,28). The number of likely N-dealkylation sites (tertiary alicyclic amines) is 1. The van der Waals surface area contributed by atoms with Gasteiger partial charge in [0, 0.05) is 18.7 Å². The molecule has 1 heterocycles. The van der Waals surface area contributed by atoms with Crippen LogP contribution in [0.2, 0.25) is 0 Å². The highest BCUT2D eigenvalue weighted by molar-refractivity contribution is 5.95. The van der Waals surface area contributed by atoms with Crippen molar-refractivity contribution in [1.29, 1.82) is 0 Å². The van der Waals surface area contributed by atoms with Crippen molar-refractivity contribution in [2.24, 2.45) is 11.7 Å². The van der Waals surface area contributed by atoms with E-state index in [0.717, 1.165) is 43.5 Å². The van der Waals surface area contributed by atoms with Crippen molar-refractivity contribution in [3.63, 3.8) is 0 Å². The fraction of sp³-hybridized carbons (Fsp3) is 0.364. The van der Waals surface area contributed by atoms with Gasteiger partial charge in [0.25, 0.3) is 5.91 Å². The molecule has 5 nitrogen and oxygen atoms in total. The first kappa shape index (κ1) is 20.0. The van der Waals surface area contributed by atoms with Gasteiger partial charge in [0.2, 0.25) is 5.91 Å². The molecule has 0 aromatic heterocycles. The number of nitrogens with one attached hydrogen (secondary N) is 1. The van der Waals surface area contributed by atoms with Gasteiger partial charge in [-0.2, -0.15) is 0 Å². The maximum Gasteiger partial charge on any atom is 0.251 e. The first-order chi connectivity index (χ1) is 13.5. The van der Waals surface area contributed by atoms with Crippen molar-refractivity contribution in [2.45, 2.75) is 19.3 Å². The molecular weight excluding hydrogens is 357 g/mol. The van der Waals surface area contributed by atoms with Crippen molar-refractivity contribution in [2.75, 3.05) is 26.2 Å². The van der Waals surface area contributed by atoms with Gasteiger partial charge in [-0.25, -0.2) is 4.39 Å². The van der Waals surface area contributed by atoms with Gasteiger partial charge in [0.15, 0.2) is 0 Å². The zero-order valence-corrected chi connectivity index (χ0v) is 15.9. The number of hydrogen-bond acceptors (Lipinski definition) is 3. The normalized spacial score (nSPS) is 17.2. The number of piperidine rings is 1. The molecule has 148 valence electrons. The topological polar surface area (TPSA) is 75.4 Å². The summed E-state index contributed by atoms with van der Waals surface area (Å²) in [5, 5.41) is 2.94. The predicted molar refractivity (Wildman–Crippen MR) is 107 cm³/mol. The number of benzene rings is 2. The quantitative estimate of drug-likeness (QED) is 0.722. The minimum atomic E-state index is -0.284. The lowest BCUT2D eigenvalue weighted by Gasteiger charge is -2.31. The zero-order chi connectivity index (χ0) is 19.9. The highest BCUT2D eigenvalue weighted by atomic mass is 19.1. The molecule has 0 spiro atoms. The third-order valence-corrected chi connectivity index (χ3v) is 5.15. The number of hydrogen-bond donors (Lipinski definition) is 2. The van der Waals surface area contributed by atoms with Gasteiger partial charge in [-0.05, 0) is 67.7 Å². The van der Waals surface area contributed by atoms with Gasteiger partial charge in [-0.3, -0.25) is 9.59 Å². The molecule has 0 radical (unpaired) electrons. The number of carbonyl (C=O) groups is 2. The summed E-state index contributed by atoms with van der Waals surface area (Å²) >= 11 is 0. The van der Waals surface area contributed by atoms with Crippen LogP contribution in [0.4, 0.5) is 4.39 Å². The van der Waals surface area contributed by atoms with Crippen LogP contribution in [0.3, 0.4) is 0 Å². The van der Waals surface area contributed by atoms with Crippen molar-refractivity contribution < 1.29 is 14.0 Å². The number of carbonyl (C=O) groups excluding carboxylic acids is 2. The summed E-state index contributed by atoms with van der Waals surface area (Å²) in [4.78, 5) is 26.0. The monoisotopic (exact) mass is 383 g/mol. The van der Waals surface area contributed by atoms with Crippen LogP contribution >= 0.6 is 0 Å². The second-order valence-corrected chi connectivity index (χ2v) is 7.24. The maximum absolute atomic E-state index is 13.1. The van der Waals surface area contributed by atoms with Gasteiger partial charge in [0.1, 0.15) is 5.82 Å². The van der Waals surface area contributed by atoms with E-state index in [-0.39, 0.29) is 23.5 Å². The third kappa shape index (κ3) is 5.39. The number of nitrogens with zero attached hydrogens (tertiary/aromatic N) is 1. The van der Waals surface area contributed by atoms with E-state index >= 15 is 0 Å².